The Morgan fingerprint density at radius 1 is 0.427 bits per heavy atom. The first kappa shape index (κ1) is 44.8. The Morgan fingerprint density at radius 3 is 1.56 bits per heavy atom. The second-order valence-electron chi connectivity index (χ2n) is 18.7. The Labute approximate surface area is 432 Å². The molecule has 0 saturated carbocycles. The predicted octanol–water partition coefficient (Wildman–Crippen LogP) is 13.7. The molecule has 0 aliphatic heterocycles. The number of nitrogens with one attached hydrogen (secondary N) is 1. The highest BCUT2D eigenvalue weighted by atomic mass is 16.1. The molecule has 356 valence electrons. The van der Waals surface area contributed by atoms with Gasteiger partial charge in [0.2, 0.25) is 0 Å². The number of rotatable bonds is 5. The SMILES string of the molecule is Nc1cncnc1-c1cccc2c1Cc1ccccc1-2.O=C(Nc1cncnc1-c1cccc2c1Cc1ccccc1-2)c1ccccc1.c1ccc(-c2nc3cncnc3c3c4c(ccc23)-c2ccccc2C4)cc1. The summed E-state index contributed by atoms with van der Waals surface area (Å²) in [6.45, 7) is 0. The zero-order valence-electron chi connectivity index (χ0n) is 40.5. The van der Waals surface area contributed by atoms with E-state index in [-0.39, 0.29) is 5.91 Å². The largest absolute Gasteiger partial charge is 0.396 e. The maximum atomic E-state index is 12.6. The molecule has 3 aliphatic rings. The lowest BCUT2D eigenvalue weighted by Crippen LogP contribution is -2.13. The van der Waals surface area contributed by atoms with E-state index in [9.17, 15) is 4.79 Å². The number of anilines is 2. The van der Waals surface area contributed by atoms with Crippen molar-refractivity contribution in [1.82, 2.24) is 34.9 Å². The van der Waals surface area contributed by atoms with Crippen molar-refractivity contribution in [2.75, 3.05) is 11.1 Å². The number of hydrogen-bond donors (Lipinski definition) is 2. The smallest absolute Gasteiger partial charge is 0.255 e. The lowest BCUT2D eigenvalue weighted by Gasteiger charge is -2.13. The molecule has 4 heterocycles. The van der Waals surface area contributed by atoms with Gasteiger partial charge in [-0.2, -0.15) is 0 Å². The average Bonchev–Trinajstić information content (AvgIpc) is 4.19. The van der Waals surface area contributed by atoms with E-state index in [0.29, 0.717) is 16.9 Å². The third kappa shape index (κ3) is 8.20. The summed E-state index contributed by atoms with van der Waals surface area (Å²) in [6, 6.07) is 62.2. The molecule has 0 atom stereocenters. The van der Waals surface area contributed by atoms with Crippen LogP contribution in [0.5, 0.6) is 0 Å². The standard InChI is InChI=1S/C24H17N3O.C24H15N3.C17H13N3/c28-24(16-7-2-1-3-8-16)27-22-14-25-15-26-23(22)20-12-6-11-19-18-10-5-4-9-17(18)13-21(19)20;1-2-6-15(7-3-1)23-19-11-10-18-17-9-5-4-8-16(17)12-20(18)22(19)24-21(27-23)13-25-14-26-24;18-16-9-19-10-20-17(16)14-7-3-6-13-12-5-2-1-4-11(12)8-15(13)14/h1-12,14-15H,13H2,(H,27,28);1-11,13-14H,12H2;1-7,9-10H,8,18H2. The van der Waals surface area contributed by atoms with Gasteiger partial charge in [0.15, 0.2) is 0 Å². The van der Waals surface area contributed by atoms with Gasteiger partial charge in [0.25, 0.3) is 5.91 Å². The van der Waals surface area contributed by atoms with Crippen LogP contribution in [-0.4, -0.2) is 40.8 Å². The fraction of sp³-hybridized carbons (Fsp3) is 0.0462. The number of aromatic nitrogens is 7. The number of carbonyl (C=O) groups is 1. The van der Waals surface area contributed by atoms with Gasteiger partial charge in [-0.3, -0.25) is 4.79 Å². The minimum atomic E-state index is -0.174. The summed E-state index contributed by atoms with van der Waals surface area (Å²) in [4.78, 5) is 43.3. The van der Waals surface area contributed by atoms with E-state index in [2.05, 4.69) is 175 Å². The Kier molecular flexibility index (Phi) is 11.5. The number of fused-ring (bicyclic) bond motifs is 13. The van der Waals surface area contributed by atoms with Crippen molar-refractivity contribution in [2.45, 2.75) is 19.3 Å². The van der Waals surface area contributed by atoms with Crippen LogP contribution >= 0.6 is 0 Å². The van der Waals surface area contributed by atoms with Crippen LogP contribution in [0.25, 0.3) is 89.0 Å². The van der Waals surface area contributed by atoms with Crippen molar-refractivity contribution in [2.24, 2.45) is 0 Å². The van der Waals surface area contributed by atoms with Crippen molar-refractivity contribution < 1.29 is 4.79 Å². The Bertz CT molecular complexity index is 4180. The minimum absolute atomic E-state index is 0.174. The highest BCUT2D eigenvalue weighted by molar-refractivity contribution is 6.13. The fourth-order valence-electron chi connectivity index (χ4n) is 11.0. The Hall–Kier alpha value is -10.1. The van der Waals surface area contributed by atoms with Crippen molar-refractivity contribution in [3.05, 3.63) is 259 Å². The second kappa shape index (κ2) is 19.2. The highest BCUT2D eigenvalue weighted by Gasteiger charge is 2.26. The van der Waals surface area contributed by atoms with Crippen LogP contribution in [0.4, 0.5) is 11.4 Å². The number of nitrogens with zero attached hydrogens (tertiary/aromatic N) is 7. The molecule has 0 bridgehead atoms. The molecule has 1 amide bonds. The van der Waals surface area contributed by atoms with E-state index in [1.165, 1.54) is 78.5 Å². The van der Waals surface area contributed by atoms with Crippen LogP contribution in [0, 0.1) is 0 Å². The van der Waals surface area contributed by atoms with Gasteiger partial charge >= 0.3 is 0 Å². The summed E-state index contributed by atoms with van der Waals surface area (Å²) < 4.78 is 0. The van der Waals surface area contributed by atoms with E-state index >= 15 is 0 Å². The van der Waals surface area contributed by atoms with Gasteiger partial charge in [0, 0.05) is 33.0 Å². The summed E-state index contributed by atoms with van der Waals surface area (Å²) in [5.41, 5.74) is 31.1. The van der Waals surface area contributed by atoms with Gasteiger partial charge in [0.05, 0.1) is 47.0 Å². The Balaban J connectivity index is 0.000000110. The van der Waals surface area contributed by atoms with Gasteiger partial charge in [-0.15, -0.1) is 0 Å². The van der Waals surface area contributed by atoms with Crippen molar-refractivity contribution in [1.29, 1.82) is 0 Å². The van der Waals surface area contributed by atoms with E-state index in [4.69, 9.17) is 10.7 Å². The molecule has 4 aromatic heterocycles. The molecule has 0 fully saturated rings. The molecule has 0 spiro atoms. The van der Waals surface area contributed by atoms with Gasteiger partial charge in [-0.1, -0.05) is 170 Å². The number of amides is 1. The number of benzene rings is 8. The molecule has 8 aromatic carbocycles. The van der Waals surface area contributed by atoms with E-state index in [0.717, 1.165) is 69.5 Å². The first-order valence-corrected chi connectivity index (χ1v) is 24.9. The molecule has 12 aromatic rings. The van der Waals surface area contributed by atoms with Crippen LogP contribution in [0.2, 0.25) is 0 Å². The van der Waals surface area contributed by atoms with E-state index < -0.39 is 0 Å². The lowest BCUT2D eigenvalue weighted by molar-refractivity contribution is 0.102. The normalized spacial score (nSPS) is 11.9. The van der Waals surface area contributed by atoms with E-state index in [1.54, 1.807) is 37.2 Å². The quantitative estimate of drug-likeness (QED) is 0.161. The Morgan fingerprint density at radius 2 is 0.920 bits per heavy atom. The number of carbonyl (C=O) groups excluding carboxylic acids is 1. The highest BCUT2D eigenvalue weighted by Crippen LogP contribution is 2.46. The molecule has 0 unspecified atom stereocenters. The summed E-state index contributed by atoms with van der Waals surface area (Å²) in [5.74, 6) is -0.174. The average molecular weight is 968 g/mol. The molecule has 10 heteroatoms. The van der Waals surface area contributed by atoms with Crippen molar-refractivity contribution >= 4 is 39.1 Å². The molecule has 3 aliphatic carbocycles. The number of nitrogens with two attached hydrogens (primary N) is 1. The summed E-state index contributed by atoms with van der Waals surface area (Å²) >= 11 is 0. The van der Waals surface area contributed by atoms with Gasteiger partial charge in [0.1, 0.15) is 30.0 Å². The maximum Gasteiger partial charge on any atom is 0.255 e. The minimum Gasteiger partial charge on any atom is -0.396 e. The molecule has 0 radical (unpaired) electrons. The number of hydrogen-bond acceptors (Lipinski definition) is 9. The first-order valence-electron chi connectivity index (χ1n) is 24.9. The van der Waals surface area contributed by atoms with Gasteiger partial charge in [-0.25, -0.2) is 34.9 Å². The lowest BCUT2D eigenvalue weighted by atomic mass is 9.95. The molecule has 15 rings (SSSR count). The van der Waals surface area contributed by atoms with Crippen LogP contribution < -0.4 is 11.1 Å². The summed E-state index contributed by atoms with van der Waals surface area (Å²) in [6.07, 6.45) is 12.5. The van der Waals surface area contributed by atoms with Gasteiger partial charge < -0.3 is 11.1 Å². The zero-order chi connectivity index (χ0) is 50.2. The molecule has 3 N–H and O–H groups in total. The molecule has 10 nitrogen and oxygen atoms in total. The predicted molar refractivity (Wildman–Crippen MR) is 299 cm³/mol. The third-order valence-corrected chi connectivity index (χ3v) is 14.4. The monoisotopic (exact) mass is 967 g/mol. The molecule has 75 heavy (non-hydrogen) atoms. The van der Waals surface area contributed by atoms with E-state index in [1.807, 2.05) is 36.5 Å². The first-order chi connectivity index (χ1) is 37.1. The summed E-state index contributed by atoms with van der Waals surface area (Å²) in [5, 5.41) is 5.33. The maximum absolute atomic E-state index is 12.6. The fourth-order valence-corrected chi connectivity index (χ4v) is 11.0. The zero-order valence-corrected chi connectivity index (χ0v) is 40.5. The number of pyridine rings is 1. The van der Waals surface area contributed by atoms with Crippen molar-refractivity contribution in [3.63, 3.8) is 0 Å². The number of nitrogen functional groups attached to an aromatic ring is 1. The van der Waals surface area contributed by atoms with Crippen LogP contribution in [0.15, 0.2) is 220 Å². The van der Waals surface area contributed by atoms with Crippen LogP contribution in [0.1, 0.15) is 43.7 Å². The van der Waals surface area contributed by atoms with Crippen LogP contribution in [0.3, 0.4) is 0 Å². The summed E-state index contributed by atoms with van der Waals surface area (Å²) in [7, 11) is 0. The second-order valence-corrected chi connectivity index (χ2v) is 18.7. The molecular weight excluding hydrogens is 923 g/mol. The topological polar surface area (TPSA) is 145 Å². The third-order valence-electron chi connectivity index (χ3n) is 14.4. The van der Waals surface area contributed by atoms with Gasteiger partial charge in [-0.05, 0) is 98.2 Å². The molecular formula is C65H45N9O. The van der Waals surface area contributed by atoms with Crippen LogP contribution in [-0.2, 0) is 19.3 Å². The van der Waals surface area contributed by atoms with Crippen molar-refractivity contribution in [3.8, 4) is 67.2 Å². The molecule has 0 saturated heterocycles.